The molecular weight excluding hydrogens is 590 g/mol. The Balaban J connectivity index is 1.62. The van der Waals surface area contributed by atoms with Crippen molar-refractivity contribution in [3.63, 3.8) is 0 Å². The molecule has 1 unspecified atom stereocenters. The van der Waals surface area contributed by atoms with Crippen LogP contribution in [0.25, 0.3) is 11.0 Å². The molecule has 3 heterocycles. The van der Waals surface area contributed by atoms with Crippen LogP contribution < -0.4 is 14.8 Å². The van der Waals surface area contributed by atoms with Crippen molar-refractivity contribution in [1.82, 2.24) is 20.2 Å². The first-order valence-corrected chi connectivity index (χ1v) is 15.2. The number of ether oxygens (including phenoxy) is 4. The summed E-state index contributed by atoms with van der Waals surface area (Å²) in [4.78, 5) is 50.4. The Hall–Kier alpha value is -4.03. The van der Waals surface area contributed by atoms with Crippen LogP contribution in [-0.4, -0.2) is 77.9 Å². The maximum atomic E-state index is 15.9. The molecule has 0 radical (unpaired) electrons. The smallest absolute Gasteiger partial charge is 0.408 e. The molecule has 5 rings (SSSR count). The second kappa shape index (κ2) is 12.4. The summed E-state index contributed by atoms with van der Waals surface area (Å²) in [7, 11) is 2.69. The third kappa shape index (κ3) is 6.67. The number of nitrogens with one attached hydrogen (secondary N) is 1. The Kier molecular flexibility index (Phi) is 8.92. The Labute approximate surface area is 260 Å². The van der Waals surface area contributed by atoms with Gasteiger partial charge in [-0.3, -0.25) is 4.79 Å². The van der Waals surface area contributed by atoms with Gasteiger partial charge in [-0.15, -0.1) is 0 Å². The van der Waals surface area contributed by atoms with Crippen LogP contribution in [0.3, 0.4) is 0 Å². The van der Waals surface area contributed by atoms with E-state index in [1.807, 2.05) is 0 Å². The Bertz CT molecular complexity index is 1490. The largest absolute Gasteiger partial charge is 0.497 e. The van der Waals surface area contributed by atoms with Crippen molar-refractivity contribution in [2.75, 3.05) is 20.8 Å². The van der Waals surface area contributed by atoms with Crippen LogP contribution >= 0.6 is 0 Å². The molecule has 45 heavy (non-hydrogen) atoms. The molecule has 0 spiro atoms. The summed E-state index contributed by atoms with van der Waals surface area (Å²) in [5.74, 6) is -5.30. The standard InChI is InChI=1S/C32H40F2N4O7/c1-7-19-23-16-38(24(19)29(40)43-6)28(39)26(31(2,3)4)37-30(41)45-22-14-17(22)10-8-9-13-32(33,34)25-27(44-23)36-21-15-18(42-5)11-12-20(21)35-25/h8-9,11-12,15,17,19,22-24,26H,7,10,13-14,16H2,1-6H3,(H,37,41)/t17-,19-,22-,23+,24+,26?/m1/s1. The molecule has 1 saturated heterocycles. The maximum absolute atomic E-state index is 15.9. The highest BCUT2D eigenvalue weighted by molar-refractivity contribution is 5.91. The number of carbonyl (C=O) groups excluding carboxylic acids is 3. The number of carbonyl (C=O) groups is 3. The van der Waals surface area contributed by atoms with Crippen molar-refractivity contribution in [3.05, 3.63) is 36.0 Å². The number of alkyl halides is 2. The fourth-order valence-electron chi connectivity index (χ4n) is 6.06. The molecule has 2 amide bonds. The number of fused-ring (bicyclic) bond motifs is 5. The van der Waals surface area contributed by atoms with Gasteiger partial charge in [0.25, 0.3) is 5.92 Å². The topological polar surface area (TPSA) is 129 Å². The van der Waals surface area contributed by atoms with Crippen LogP contribution in [0.1, 0.15) is 59.1 Å². The zero-order chi connectivity index (χ0) is 32.7. The van der Waals surface area contributed by atoms with E-state index in [4.69, 9.17) is 18.9 Å². The molecule has 1 saturated carbocycles. The van der Waals surface area contributed by atoms with E-state index in [1.54, 1.807) is 52.0 Å². The van der Waals surface area contributed by atoms with E-state index in [2.05, 4.69) is 15.3 Å². The number of nitrogens with zero attached hydrogens (tertiary/aromatic N) is 3. The maximum Gasteiger partial charge on any atom is 0.408 e. The van der Waals surface area contributed by atoms with Gasteiger partial charge in [-0.1, -0.05) is 39.8 Å². The number of hydrogen-bond acceptors (Lipinski definition) is 9. The zero-order valence-corrected chi connectivity index (χ0v) is 26.3. The Morgan fingerprint density at radius 2 is 1.87 bits per heavy atom. The van der Waals surface area contributed by atoms with Crippen molar-refractivity contribution in [2.45, 2.75) is 83.6 Å². The lowest BCUT2D eigenvalue weighted by Gasteiger charge is -2.35. The minimum Gasteiger partial charge on any atom is -0.497 e. The van der Waals surface area contributed by atoms with Crippen LogP contribution in [0.15, 0.2) is 30.4 Å². The predicted molar refractivity (Wildman–Crippen MR) is 159 cm³/mol. The van der Waals surface area contributed by atoms with Crippen molar-refractivity contribution in [1.29, 1.82) is 0 Å². The number of amides is 2. The fourth-order valence-corrected chi connectivity index (χ4v) is 6.06. The van der Waals surface area contributed by atoms with Gasteiger partial charge in [-0.2, -0.15) is 8.78 Å². The Morgan fingerprint density at radius 3 is 2.53 bits per heavy atom. The van der Waals surface area contributed by atoms with Crippen molar-refractivity contribution < 1.29 is 42.1 Å². The number of benzene rings is 1. The number of hydrogen-bond donors (Lipinski definition) is 1. The first kappa shape index (κ1) is 32.4. The summed E-state index contributed by atoms with van der Waals surface area (Å²) in [6, 6.07) is 2.55. The number of rotatable bonds is 3. The quantitative estimate of drug-likeness (QED) is 0.377. The lowest BCUT2D eigenvalue weighted by molar-refractivity contribution is -0.154. The van der Waals surface area contributed by atoms with Gasteiger partial charge in [-0.25, -0.2) is 19.6 Å². The minimum absolute atomic E-state index is 0.0222. The van der Waals surface area contributed by atoms with Gasteiger partial charge in [-0.05, 0) is 36.8 Å². The van der Waals surface area contributed by atoms with Crippen LogP contribution in [0, 0.1) is 17.3 Å². The first-order valence-electron chi connectivity index (χ1n) is 15.2. The molecule has 3 aliphatic rings. The van der Waals surface area contributed by atoms with Gasteiger partial charge in [0.2, 0.25) is 11.8 Å². The van der Waals surface area contributed by atoms with Gasteiger partial charge >= 0.3 is 12.1 Å². The molecule has 1 aromatic heterocycles. The Morgan fingerprint density at radius 1 is 1.11 bits per heavy atom. The average Bonchev–Trinajstić information content (AvgIpc) is 3.62. The van der Waals surface area contributed by atoms with E-state index in [9.17, 15) is 14.4 Å². The minimum atomic E-state index is -3.47. The van der Waals surface area contributed by atoms with E-state index in [-0.39, 0.29) is 23.5 Å². The predicted octanol–water partition coefficient (Wildman–Crippen LogP) is 4.77. The van der Waals surface area contributed by atoms with Gasteiger partial charge in [0.1, 0.15) is 30.0 Å². The van der Waals surface area contributed by atoms with Gasteiger partial charge in [0.15, 0.2) is 5.69 Å². The molecular formula is C32H40F2N4O7. The second-order valence-electron chi connectivity index (χ2n) is 12.9. The lowest BCUT2D eigenvalue weighted by Crippen LogP contribution is -2.57. The summed E-state index contributed by atoms with van der Waals surface area (Å²) in [6.07, 6.45) is 1.66. The van der Waals surface area contributed by atoms with E-state index in [0.29, 0.717) is 25.0 Å². The summed E-state index contributed by atoms with van der Waals surface area (Å²) in [5.41, 5.74) is -0.913. The third-order valence-corrected chi connectivity index (χ3v) is 8.71. The van der Waals surface area contributed by atoms with Crippen LogP contribution in [0.2, 0.25) is 0 Å². The highest BCUT2D eigenvalue weighted by Crippen LogP contribution is 2.42. The number of halogens is 2. The molecule has 13 heteroatoms. The summed E-state index contributed by atoms with van der Waals surface area (Å²) in [6.45, 7) is 7.02. The van der Waals surface area contributed by atoms with E-state index in [0.717, 1.165) is 0 Å². The lowest BCUT2D eigenvalue weighted by atomic mass is 9.85. The van der Waals surface area contributed by atoms with Gasteiger partial charge in [0, 0.05) is 24.3 Å². The molecule has 1 aromatic carbocycles. The highest BCUT2D eigenvalue weighted by atomic mass is 19.3. The highest BCUT2D eigenvalue weighted by Gasteiger charge is 2.52. The van der Waals surface area contributed by atoms with Crippen molar-refractivity contribution >= 4 is 29.0 Å². The molecule has 6 atom stereocenters. The summed E-state index contributed by atoms with van der Waals surface area (Å²) < 4.78 is 54.0. The van der Waals surface area contributed by atoms with E-state index >= 15 is 8.78 Å². The molecule has 1 N–H and O–H groups in total. The molecule has 2 aromatic rings. The summed E-state index contributed by atoms with van der Waals surface area (Å²) >= 11 is 0. The normalized spacial score (nSPS) is 28.5. The van der Waals surface area contributed by atoms with Crippen LogP contribution in [0.5, 0.6) is 11.6 Å². The summed E-state index contributed by atoms with van der Waals surface area (Å²) in [5, 5.41) is 2.72. The molecule has 11 nitrogen and oxygen atoms in total. The number of allylic oxidation sites excluding steroid dienone is 2. The molecule has 2 fully saturated rings. The molecule has 2 bridgehead atoms. The third-order valence-electron chi connectivity index (χ3n) is 8.71. The SMILES string of the molecule is CC[C@@H]1[C@@H]2CN(C(=O)C(C(C)(C)C)NC(=O)O[C@@H]3C[C@H]3CC=CCC(F)(F)c3nc4ccc(OC)cc4nc3O2)[C@@H]1C(=O)OC. The number of alkyl carbamates (subject to hydrolysis) is 1. The number of methoxy groups -OCH3 is 2. The average molecular weight is 631 g/mol. The van der Waals surface area contributed by atoms with Gasteiger partial charge in [0.05, 0.1) is 31.8 Å². The van der Waals surface area contributed by atoms with Crippen LogP contribution in [-0.2, 0) is 25.0 Å². The molecule has 1 aliphatic carbocycles. The first-order chi connectivity index (χ1) is 21.3. The molecule has 244 valence electrons. The van der Waals surface area contributed by atoms with E-state index < -0.39 is 77.5 Å². The fraction of sp³-hybridized carbons (Fsp3) is 0.594. The second-order valence-corrected chi connectivity index (χ2v) is 12.9. The van der Waals surface area contributed by atoms with Crippen molar-refractivity contribution in [3.8, 4) is 11.6 Å². The van der Waals surface area contributed by atoms with Gasteiger partial charge < -0.3 is 29.2 Å². The monoisotopic (exact) mass is 630 g/mol. The van der Waals surface area contributed by atoms with Crippen molar-refractivity contribution in [2.24, 2.45) is 17.3 Å². The number of esters is 1. The van der Waals surface area contributed by atoms with Crippen LogP contribution in [0.4, 0.5) is 13.6 Å². The molecule has 2 aliphatic heterocycles. The van der Waals surface area contributed by atoms with E-state index in [1.165, 1.54) is 25.2 Å². The number of aromatic nitrogens is 2. The zero-order valence-electron chi connectivity index (χ0n) is 26.3.